The lowest BCUT2D eigenvalue weighted by Crippen LogP contribution is -2.26. The van der Waals surface area contributed by atoms with E-state index < -0.39 is 0 Å². The lowest BCUT2D eigenvalue weighted by Gasteiger charge is -2.24. The number of nitrogens with two attached hydrogens (primary N) is 2. The van der Waals surface area contributed by atoms with Gasteiger partial charge in [-0.1, -0.05) is 13.0 Å². The van der Waals surface area contributed by atoms with Gasteiger partial charge in [-0.3, -0.25) is 0 Å². The molecule has 0 bridgehead atoms. The van der Waals surface area contributed by atoms with E-state index in [2.05, 4.69) is 11.6 Å². The second-order valence-corrected chi connectivity index (χ2v) is 5.77. The van der Waals surface area contributed by atoms with Gasteiger partial charge in [0.05, 0.1) is 28.9 Å². The molecule has 4 N–H and O–H groups in total. The van der Waals surface area contributed by atoms with Gasteiger partial charge in [0.2, 0.25) is 0 Å². The first-order valence-corrected chi connectivity index (χ1v) is 7.78. The van der Waals surface area contributed by atoms with Crippen LogP contribution < -0.4 is 16.3 Å². The molecule has 1 aromatic heterocycles. The molecule has 1 fully saturated rings. The zero-order valence-electron chi connectivity index (χ0n) is 13.5. The van der Waals surface area contributed by atoms with Crippen molar-refractivity contribution < 1.29 is 4.74 Å². The lowest BCUT2D eigenvalue weighted by molar-refractivity contribution is 0.153. The molecule has 0 unspecified atom stereocenters. The Labute approximate surface area is 132 Å². The maximum absolute atomic E-state index is 6.14. The predicted molar refractivity (Wildman–Crippen MR) is 89.7 cm³/mol. The van der Waals surface area contributed by atoms with E-state index in [-0.39, 0.29) is 0 Å². The minimum atomic E-state index is 0.312. The van der Waals surface area contributed by atoms with Gasteiger partial charge in [0, 0.05) is 7.05 Å². The molecule has 0 atom stereocenters. The molecule has 1 heterocycles. The third kappa shape index (κ3) is 3.80. The average Bonchev–Trinajstić information content (AvgIpc) is 2.50. The molecule has 1 aromatic rings. The maximum Gasteiger partial charge on any atom is 0.140 e. The van der Waals surface area contributed by atoms with Crippen LogP contribution in [0, 0.1) is 6.92 Å². The fourth-order valence-electron chi connectivity index (χ4n) is 2.76. The van der Waals surface area contributed by atoms with E-state index in [9.17, 15) is 0 Å². The number of likely N-dealkylation sites (N-methyl/N-ethyl adjacent to an activating group) is 1. The second-order valence-electron chi connectivity index (χ2n) is 5.77. The zero-order chi connectivity index (χ0) is 16.1. The first kappa shape index (κ1) is 16.4. The Morgan fingerprint density at radius 1 is 1.36 bits per heavy atom. The van der Waals surface area contributed by atoms with Gasteiger partial charge in [0.15, 0.2) is 0 Å². The minimum absolute atomic E-state index is 0.312. The largest absolute Gasteiger partial charge is 0.489 e. The highest BCUT2D eigenvalue weighted by Crippen LogP contribution is 2.26. The van der Waals surface area contributed by atoms with E-state index in [0.29, 0.717) is 23.2 Å². The molecule has 1 aliphatic rings. The topological polar surface area (TPSA) is 77.4 Å². The Kier molecular flexibility index (Phi) is 5.44. The molecule has 0 aliphatic heterocycles. The number of nitrogens with zero attached hydrogens (tertiary/aromatic N) is 2. The molecule has 5 nitrogen and oxygen atoms in total. The molecule has 0 aromatic carbocycles. The summed E-state index contributed by atoms with van der Waals surface area (Å²) in [5.74, 6) is 6.59. The Morgan fingerprint density at radius 3 is 2.59 bits per heavy atom. The maximum atomic E-state index is 6.14. The number of hydrazine groups is 1. The Bertz CT molecular complexity index is 560. The fourth-order valence-corrected chi connectivity index (χ4v) is 2.76. The number of hydrogen-bond donors (Lipinski definition) is 2. The van der Waals surface area contributed by atoms with Gasteiger partial charge in [-0.15, -0.1) is 0 Å². The predicted octanol–water partition coefficient (Wildman–Crippen LogP) is 2.72. The summed E-state index contributed by atoms with van der Waals surface area (Å²) in [5, 5.41) is 1.44. The van der Waals surface area contributed by atoms with Crippen molar-refractivity contribution in [2.75, 3.05) is 7.05 Å². The van der Waals surface area contributed by atoms with Gasteiger partial charge in [-0.05, 0) is 50.8 Å². The van der Waals surface area contributed by atoms with Gasteiger partial charge >= 0.3 is 0 Å². The average molecular weight is 302 g/mol. The van der Waals surface area contributed by atoms with Crippen LogP contribution >= 0.6 is 0 Å². The molecule has 0 saturated heterocycles. The van der Waals surface area contributed by atoms with Crippen molar-refractivity contribution in [2.24, 2.45) is 11.6 Å². The molecular formula is C17H26N4O. The van der Waals surface area contributed by atoms with Gasteiger partial charge in [0.25, 0.3) is 0 Å². The molecule has 1 saturated carbocycles. The van der Waals surface area contributed by atoms with Crippen LogP contribution in [0.15, 0.2) is 30.5 Å². The smallest absolute Gasteiger partial charge is 0.140 e. The van der Waals surface area contributed by atoms with Gasteiger partial charge < -0.3 is 15.5 Å². The van der Waals surface area contributed by atoms with E-state index in [1.165, 1.54) is 24.3 Å². The highest BCUT2D eigenvalue weighted by Gasteiger charge is 2.17. The summed E-state index contributed by atoms with van der Waals surface area (Å²) in [6, 6.07) is 3.81. The van der Waals surface area contributed by atoms with Crippen LogP contribution in [0.4, 0.5) is 0 Å². The van der Waals surface area contributed by atoms with Crippen LogP contribution in [0.5, 0.6) is 5.75 Å². The first-order chi connectivity index (χ1) is 10.5. The summed E-state index contributed by atoms with van der Waals surface area (Å²) < 4.78 is 6.08. The normalized spacial score (nSPS) is 16.9. The van der Waals surface area contributed by atoms with E-state index >= 15 is 0 Å². The first-order valence-electron chi connectivity index (χ1n) is 7.78. The number of hydrogen-bond acceptors (Lipinski definition) is 5. The van der Waals surface area contributed by atoms with E-state index in [1.807, 2.05) is 19.1 Å². The van der Waals surface area contributed by atoms with Crippen molar-refractivity contribution in [3.05, 3.63) is 41.9 Å². The summed E-state index contributed by atoms with van der Waals surface area (Å²) in [4.78, 5) is 4.55. The van der Waals surface area contributed by atoms with Crippen molar-refractivity contribution in [1.29, 1.82) is 0 Å². The summed E-state index contributed by atoms with van der Waals surface area (Å²) in [6.45, 7) is 5.67. The van der Waals surface area contributed by atoms with Gasteiger partial charge in [0.1, 0.15) is 5.75 Å². The van der Waals surface area contributed by atoms with Crippen LogP contribution in [0.25, 0.3) is 5.70 Å². The standard InChI is InChI=1S/C17H26N4O/c1-4-15(21(3)19)17(18)14-10-11-16(12(2)20-14)22-13-8-6-5-7-9-13/h4,10-11,13H,1,5-9,18-19H2,2-3H3/b17-15-. The quantitative estimate of drug-likeness (QED) is 0.497. The van der Waals surface area contributed by atoms with E-state index in [1.54, 1.807) is 13.1 Å². The van der Waals surface area contributed by atoms with E-state index in [0.717, 1.165) is 24.3 Å². The zero-order valence-corrected chi connectivity index (χ0v) is 13.5. The van der Waals surface area contributed by atoms with Crippen molar-refractivity contribution in [2.45, 2.75) is 45.1 Å². The Morgan fingerprint density at radius 2 is 2.05 bits per heavy atom. The van der Waals surface area contributed by atoms with Gasteiger partial charge in [-0.2, -0.15) is 0 Å². The van der Waals surface area contributed by atoms with Gasteiger partial charge in [-0.25, -0.2) is 10.8 Å². The Hall–Kier alpha value is -2.01. The molecule has 0 radical (unpaired) electrons. The fraction of sp³-hybridized carbons (Fsp3) is 0.471. The lowest BCUT2D eigenvalue weighted by atomic mass is 9.98. The number of pyridine rings is 1. The molecule has 2 rings (SSSR count). The SMILES string of the molecule is C=C/C(=C(/N)c1ccc(OC2CCCCC2)c(C)n1)N(C)N. The summed E-state index contributed by atoms with van der Waals surface area (Å²) in [5.41, 5.74) is 8.81. The molecule has 120 valence electrons. The highest BCUT2D eigenvalue weighted by molar-refractivity contribution is 5.65. The third-order valence-corrected chi connectivity index (χ3v) is 4.01. The van der Waals surface area contributed by atoms with Crippen molar-refractivity contribution in [1.82, 2.24) is 9.99 Å². The third-order valence-electron chi connectivity index (χ3n) is 4.01. The van der Waals surface area contributed by atoms with Crippen LogP contribution in [0.1, 0.15) is 43.5 Å². The summed E-state index contributed by atoms with van der Waals surface area (Å²) in [7, 11) is 1.72. The van der Waals surface area contributed by atoms with Crippen LogP contribution in [0.3, 0.4) is 0 Å². The highest BCUT2D eigenvalue weighted by atomic mass is 16.5. The molecule has 0 spiro atoms. The molecule has 1 aliphatic carbocycles. The number of aryl methyl sites for hydroxylation is 1. The Balaban J connectivity index is 2.20. The van der Waals surface area contributed by atoms with Crippen LogP contribution in [0.2, 0.25) is 0 Å². The molecule has 5 heteroatoms. The van der Waals surface area contributed by atoms with Crippen LogP contribution in [-0.2, 0) is 0 Å². The monoisotopic (exact) mass is 302 g/mol. The number of allylic oxidation sites excluding steroid dienone is 1. The number of aromatic nitrogens is 1. The molecule has 22 heavy (non-hydrogen) atoms. The number of ether oxygens (including phenoxy) is 1. The van der Waals surface area contributed by atoms with E-state index in [4.69, 9.17) is 16.3 Å². The van der Waals surface area contributed by atoms with Crippen molar-refractivity contribution in [3.63, 3.8) is 0 Å². The summed E-state index contributed by atoms with van der Waals surface area (Å²) in [6.07, 6.45) is 8.00. The summed E-state index contributed by atoms with van der Waals surface area (Å²) >= 11 is 0. The number of rotatable bonds is 5. The minimum Gasteiger partial charge on any atom is -0.489 e. The second kappa shape index (κ2) is 7.31. The molecular weight excluding hydrogens is 276 g/mol. The van der Waals surface area contributed by atoms with Crippen molar-refractivity contribution in [3.8, 4) is 5.75 Å². The van der Waals surface area contributed by atoms with Crippen LogP contribution in [-0.4, -0.2) is 23.1 Å². The molecule has 0 amide bonds. The van der Waals surface area contributed by atoms with Crippen molar-refractivity contribution >= 4 is 5.70 Å².